The van der Waals surface area contributed by atoms with Gasteiger partial charge in [-0.2, -0.15) is 0 Å². The number of carbonyl (C=O) groups is 1. The van der Waals surface area contributed by atoms with Crippen molar-refractivity contribution in [2.75, 3.05) is 13.2 Å². The van der Waals surface area contributed by atoms with E-state index < -0.39 is 49.5 Å². The zero-order valence-electron chi connectivity index (χ0n) is 38.5. The van der Waals surface area contributed by atoms with Crippen LogP contribution in [-0.2, 0) is 14.3 Å². The Morgan fingerprint density at radius 3 is 1.32 bits per heavy atom. The molecule has 0 aromatic heterocycles. The van der Waals surface area contributed by atoms with Gasteiger partial charge in [-0.25, -0.2) is 0 Å². The van der Waals surface area contributed by atoms with Crippen LogP contribution in [0.2, 0.25) is 0 Å². The van der Waals surface area contributed by atoms with Crippen LogP contribution in [0.5, 0.6) is 0 Å². The highest BCUT2D eigenvalue weighted by molar-refractivity contribution is 5.76. The molecule has 1 saturated heterocycles. The maximum absolute atomic E-state index is 13.0. The molecular weight excluding hydrogens is 743 g/mol. The fraction of sp³-hybridized carbons (Fsp3) is 0.940. The average Bonchev–Trinajstić information content (AvgIpc) is 3.23. The molecule has 0 bridgehead atoms. The highest BCUT2D eigenvalue weighted by atomic mass is 16.7. The van der Waals surface area contributed by atoms with Crippen LogP contribution in [0.25, 0.3) is 0 Å². The van der Waals surface area contributed by atoms with Crippen molar-refractivity contribution in [3.8, 4) is 0 Å². The van der Waals surface area contributed by atoms with E-state index >= 15 is 0 Å². The van der Waals surface area contributed by atoms with Gasteiger partial charge in [-0.15, -0.1) is 0 Å². The van der Waals surface area contributed by atoms with Crippen molar-refractivity contribution in [3.05, 3.63) is 12.2 Å². The number of ether oxygens (including phenoxy) is 2. The van der Waals surface area contributed by atoms with E-state index in [9.17, 15) is 30.3 Å². The van der Waals surface area contributed by atoms with Crippen LogP contribution < -0.4 is 5.32 Å². The van der Waals surface area contributed by atoms with Gasteiger partial charge in [-0.1, -0.05) is 231 Å². The molecule has 1 aliphatic heterocycles. The molecule has 2 unspecified atom stereocenters. The van der Waals surface area contributed by atoms with Gasteiger partial charge < -0.3 is 40.3 Å². The Bertz CT molecular complexity index is 935. The summed E-state index contributed by atoms with van der Waals surface area (Å²) >= 11 is 0. The van der Waals surface area contributed by atoms with E-state index in [1.165, 1.54) is 186 Å². The lowest BCUT2D eigenvalue weighted by atomic mass is 9.99. The molecule has 59 heavy (non-hydrogen) atoms. The second kappa shape index (κ2) is 41.0. The van der Waals surface area contributed by atoms with Crippen molar-refractivity contribution in [3.63, 3.8) is 0 Å². The Balaban J connectivity index is 2.28. The number of unbranched alkanes of at least 4 members (excludes halogenated alkanes) is 33. The molecule has 0 radical (unpaired) electrons. The monoisotopic (exact) mass is 840 g/mol. The van der Waals surface area contributed by atoms with Crippen LogP contribution in [0.3, 0.4) is 0 Å². The minimum atomic E-state index is -1.56. The molecule has 0 saturated carbocycles. The molecule has 0 aromatic carbocycles. The maximum atomic E-state index is 13.0. The molecule has 1 aliphatic rings. The topological polar surface area (TPSA) is 149 Å². The standard InChI is InChI=1S/C50H97NO8/c1-3-5-7-9-11-13-15-17-19-21-22-23-24-26-28-30-32-34-36-38-40-46(54)51-43(42-58-50-49(57)48(56)47(55)45(41-52)59-50)44(53)39-37-35-33-31-29-27-25-20-18-16-14-12-10-8-6-4-2/h37,39,43-45,47-50,52-53,55-57H,3-36,38,40-42H2,1-2H3,(H,51,54)/b39-37+/t43-,44+,45-,47-,48?,49?,50-/m0/s1. The summed E-state index contributed by atoms with van der Waals surface area (Å²) < 4.78 is 11.2. The van der Waals surface area contributed by atoms with Gasteiger partial charge in [0, 0.05) is 6.42 Å². The maximum Gasteiger partial charge on any atom is 0.220 e. The van der Waals surface area contributed by atoms with Crippen LogP contribution in [-0.4, -0.2) is 87.5 Å². The lowest BCUT2D eigenvalue weighted by Gasteiger charge is -2.40. The van der Waals surface area contributed by atoms with E-state index in [4.69, 9.17) is 9.47 Å². The number of aliphatic hydroxyl groups excluding tert-OH is 5. The van der Waals surface area contributed by atoms with E-state index in [0.717, 1.165) is 38.5 Å². The van der Waals surface area contributed by atoms with Crippen LogP contribution in [0.1, 0.15) is 245 Å². The van der Waals surface area contributed by atoms with Gasteiger partial charge in [0.15, 0.2) is 6.29 Å². The van der Waals surface area contributed by atoms with Crippen molar-refractivity contribution in [2.45, 2.75) is 288 Å². The molecule has 6 N–H and O–H groups in total. The summed E-state index contributed by atoms with van der Waals surface area (Å²) in [5.41, 5.74) is 0. The molecule has 1 heterocycles. The minimum Gasteiger partial charge on any atom is -0.394 e. The van der Waals surface area contributed by atoms with Gasteiger partial charge in [-0.05, 0) is 19.3 Å². The molecule has 1 rings (SSSR count). The van der Waals surface area contributed by atoms with E-state index in [0.29, 0.717) is 6.42 Å². The van der Waals surface area contributed by atoms with E-state index in [-0.39, 0.29) is 12.5 Å². The molecule has 1 fully saturated rings. The van der Waals surface area contributed by atoms with Crippen molar-refractivity contribution in [1.29, 1.82) is 0 Å². The summed E-state index contributed by atoms with van der Waals surface area (Å²) in [6, 6.07) is -0.799. The lowest BCUT2D eigenvalue weighted by Crippen LogP contribution is -2.60. The SMILES string of the molecule is CCCCCCCCCCCCCCCC/C=C/[C@@H](O)[C@H](CO[C@H]1O[C@@H](CO)[C@H](O)C(O)C1O)NC(=O)CCCCCCCCCCCCCCCCCCCCCC. The second-order valence-electron chi connectivity index (χ2n) is 18.0. The van der Waals surface area contributed by atoms with Crippen molar-refractivity contribution in [1.82, 2.24) is 5.32 Å². The van der Waals surface area contributed by atoms with Crippen molar-refractivity contribution in [2.24, 2.45) is 0 Å². The first-order valence-corrected chi connectivity index (χ1v) is 25.4. The second-order valence-corrected chi connectivity index (χ2v) is 18.0. The first kappa shape index (κ1) is 55.9. The molecule has 0 aromatic rings. The quantitative estimate of drug-likeness (QED) is 0.0263. The normalized spacial score (nSPS) is 20.7. The Labute approximate surface area is 363 Å². The van der Waals surface area contributed by atoms with E-state index in [1.54, 1.807) is 6.08 Å². The number of nitrogens with one attached hydrogen (secondary N) is 1. The lowest BCUT2D eigenvalue weighted by molar-refractivity contribution is -0.302. The Morgan fingerprint density at radius 2 is 0.932 bits per heavy atom. The molecule has 9 nitrogen and oxygen atoms in total. The molecule has 0 aliphatic carbocycles. The molecule has 350 valence electrons. The fourth-order valence-corrected chi connectivity index (χ4v) is 8.28. The summed E-state index contributed by atoms with van der Waals surface area (Å²) in [4.78, 5) is 13.0. The van der Waals surface area contributed by atoms with Gasteiger partial charge in [0.25, 0.3) is 0 Å². The number of carbonyl (C=O) groups excluding carboxylic acids is 1. The van der Waals surface area contributed by atoms with E-state index in [2.05, 4.69) is 19.2 Å². The smallest absolute Gasteiger partial charge is 0.220 e. The van der Waals surface area contributed by atoms with Gasteiger partial charge in [0.05, 0.1) is 25.4 Å². The number of hydrogen-bond acceptors (Lipinski definition) is 8. The number of hydrogen-bond donors (Lipinski definition) is 6. The number of aliphatic hydroxyl groups is 5. The van der Waals surface area contributed by atoms with Gasteiger partial charge >= 0.3 is 0 Å². The predicted octanol–water partition coefficient (Wildman–Crippen LogP) is 11.3. The number of amides is 1. The zero-order chi connectivity index (χ0) is 43.0. The Kier molecular flexibility index (Phi) is 38.9. The first-order valence-electron chi connectivity index (χ1n) is 25.4. The molecular formula is C50H97NO8. The van der Waals surface area contributed by atoms with Crippen LogP contribution >= 0.6 is 0 Å². The Hall–Kier alpha value is -1.07. The summed E-state index contributed by atoms with van der Waals surface area (Å²) in [5, 5.41) is 54.3. The number of rotatable bonds is 43. The molecule has 1 amide bonds. The summed E-state index contributed by atoms with van der Waals surface area (Å²) in [6.45, 7) is 3.80. The first-order chi connectivity index (χ1) is 28.8. The Morgan fingerprint density at radius 1 is 0.559 bits per heavy atom. The average molecular weight is 840 g/mol. The summed E-state index contributed by atoms with van der Waals surface area (Å²) in [5.74, 6) is -0.172. The molecule has 0 spiro atoms. The van der Waals surface area contributed by atoms with Gasteiger partial charge in [-0.3, -0.25) is 4.79 Å². The highest BCUT2D eigenvalue weighted by Gasteiger charge is 2.44. The van der Waals surface area contributed by atoms with E-state index in [1.807, 2.05) is 6.08 Å². The van der Waals surface area contributed by atoms with Crippen molar-refractivity contribution >= 4 is 5.91 Å². The number of allylic oxidation sites excluding steroid dienone is 1. The minimum absolute atomic E-state index is 0.172. The third kappa shape index (κ3) is 31.4. The molecule has 7 atom stereocenters. The fourth-order valence-electron chi connectivity index (χ4n) is 8.28. The van der Waals surface area contributed by atoms with Crippen LogP contribution in [0.15, 0.2) is 12.2 Å². The zero-order valence-corrected chi connectivity index (χ0v) is 38.5. The third-order valence-corrected chi connectivity index (χ3v) is 12.4. The van der Waals surface area contributed by atoms with Crippen LogP contribution in [0.4, 0.5) is 0 Å². The third-order valence-electron chi connectivity index (χ3n) is 12.4. The summed E-state index contributed by atoms with van der Waals surface area (Å²) in [6.07, 6.45) is 41.1. The molecule has 9 heteroatoms. The largest absolute Gasteiger partial charge is 0.394 e. The highest BCUT2D eigenvalue weighted by Crippen LogP contribution is 2.23. The van der Waals surface area contributed by atoms with Gasteiger partial charge in [0.2, 0.25) is 5.91 Å². The predicted molar refractivity (Wildman–Crippen MR) is 244 cm³/mol. The van der Waals surface area contributed by atoms with Crippen LogP contribution in [0, 0.1) is 0 Å². The summed E-state index contributed by atoms with van der Waals surface area (Å²) in [7, 11) is 0. The van der Waals surface area contributed by atoms with Gasteiger partial charge in [0.1, 0.15) is 24.4 Å². The van der Waals surface area contributed by atoms with Crippen molar-refractivity contribution < 1.29 is 39.8 Å².